The lowest BCUT2D eigenvalue weighted by atomic mass is 10.0. The molecule has 1 aromatic carbocycles. The maximum atomic E-state index is 12.6. The monoisotopic (exact) mass is 378 g/mol. The Morgan fingerprint density at radius 3 is 2.22 bits per heavy atom. The van der Waals surface area contributed by atoms with Crippen molar-refractivity contribution in [2.75, 3.05) is 5.73 Å². The molecule has 0 aromatic heterocycles. The molecule has 0 bridgehead atoms. The maximum absolute atomic E-state index is 12.6. The molecule has 27 heavy (non-hydrogen) atoms. The molecule has 148 valence electrons. The van der Waals surface area contributed by atoms with Gasteiger partial charge >= 0.3 is 5.97 Å². The summed E-state index contributed by atoms with van der Waals surface area (Å²) in [6.45, 7) is 3.73. The van der Waals surface area contributed by atoms with Crippen LogP contribution in [0.15, 0.2) is 24.3 Å². The first-order valence-corrected chi connectivity index (χ1v) is 8.58. The van der Waals surface area contributed by atoms with Crippen LogP contribution in [0.4, 0.5) is 5.69 Å². The van der Waals surface area contributed by atoms with Gasteiger partial charge in [-0.05, 0) is 30.9 Å². The van der Waals surface area contributed by atoms with Crippen molar-refractivity contribution in [1.82, 2.24) is 10.6 Å². The highest BCUT2D eigenvalue weighted by atomic mass is 16.4. The number of amides is 3. The van der Waals surface area contributed by atoms with Crippen LogP contribution in [-0.2, 0) is 14.4 Å². The standard InChI is InChI=1S/C18H26N4O5/c1-10(2)9-14(22-16(24)11-5-3-4-6-12(11)19)17(25)21-13(18(26)27)7-8-15(20)23/h3-6,10,13-14H,7-9,19H2,1-2H3,(H2,20,23)(H,21,25)(H,22,24)(H,26,27)/t13-,14-/m0/s1. The molecule has 0 saturated heterocycles. The smallest absolute Gasteiger partial charge is 0.326 e. The van der Waals surface area contributed by atoms with Crippen molar-refractivity contribution < 1.29 is 24.3 Å². The number of primary amides is 1. The van der Waals surface area contributed by atoms with Crippen molar-refractivity contribution in [3.05, 3.63) is 29.8 Å². The Labute approximate surface area is 157 Å². The van der Waals surface area contributed by atoms with Gasteiger partial charge in [-0.1, -0.05) is 26.0 Å². The molecule has 9 heteroatoms. The van der Waals surface area contributed by atoms with Gasteiger partial charge in [0.25, 0.3) is 5.91 Å². The summed E-state index contributed by atoms with van der Waals surface area (Å²) in [5.41, 5.74) is 11.3. The highest BCUT2D eigenvalue weighted by molar-refractivity contribution is 6.01. The first kappa shape index (κ1) is 21.9. The summed E-state index contributed by atoms with van der Waals surface area (Å²) >= 11 is 0. The van der Waals surface area contributed by atoms with Gasteiger partial charge in [-0.15, -0.1) is 0 Å². The van der Waals surface area contributed by atoms with E-state index in [4.69, 9.17) is 11.5 Å². The highest BCUT2D eigenvalue weighted by Gasteiger charge is 2.28. The zero-order valence-electron chi connectivity index (χ0n) is 15.4. The van der Waals surface area contributed by atoms with Gasteiger partial charge in [0, 0.05) is 12.1 Å². The van der Waals surface area contributed by atoms with Gasteiger partial charge in [0.2, 0.25) is 11.8 Å². The van der Waals surface area contributed by atoms with Crippen molar-refractivity contribution in [3.63, 3.8) is 0 Å². The number of nitrogen functional groups attached to an aromatic ring is 1. The third-order valence-electron chi connectivity index (χ3n) is 3.83. The molecule has 1 aromatic rings. The fourth-order valence-corrected chi connectivity index (χ4v) is 2.46. The number of carboxylic acids is 1. The summed E-state index contributed by atoms with van der Waals surface area (Å²) in [5.74, 6) is -3.07. The molecule has 0 aliphatic heterocycles. The highest BCUT2D eigenvalue weighted by Crippen LogP contribution is 2.12. The van der Waals surface area contributed by atoms with Gasteiger partial charge < -0.3 is 27.2 Å². The van der Waals surface area contributed by atoms with Gasteiger partial charge in [0.05, 0.1) is 5.56 Å². The second-order valence-electron chi connectivity index (χ2n) is 6.65. The number of anilines is 1. The number of para-hydroxylation sites is 1. The number of nitrogens with two attached hydrogens (primary N) is 2. The first-order chi connectivity index (χ1) is 12.6. The Kier molecular flexibility index (Phi) is 8.25. The van der Waals surface area contributed by atoms with Gasteiger partial charge in [0.1, 0.15) is 12.1 Å². The average molecular weight is 378 g/mol. The predicted octanol–water partition coefficient (Wildman–Crippen LogP) is 0.248. The quantitative estimate of drug-likeness (QED) is 0.366. The van der Waals surface area contributed by atoms with Crippen LogP contribution < -0.4 is 22.1 Å². The number of aliphatic carboxylic acids is 1. The molecular weight excluding hydrogens is 352 g/mol. The van der Waals surface area contributed by atoms with E-state index < -0.39 is 35.8 Å². The summed E-state index contributed by atoms with van der Waals surface area (Å²) in [6, 6.07) is 4.19. The van der Waals surface area contributed by atoms with E-state index in [1.807, 2.05) is 13.8 Å². The van der Waals surface area contributed by atoms with Crippen LogP contribution in [0.2, 0.25) is 0 Å². The van der Waals surface area contributed by atoms with E-state index >= 15 is 0 Å². The number of carbonyl (C=O) groups is 4. The number of rotatable bonds is 10. The Morgan fingerprint density at radius 2 is 1.70 bits per heavy atom. The second kappa shape index (κ2) is 10.1. The molecule has 0 unspecified atom stereocenters. The van der Waals surface area contributed by atoms with Crippen LogP contribution in [0.5, 0.6) is 0 Å². The van der Waals surface area contributed by atoms with Crippen LogP contribution in [0, 0.1) is 5.92 Å². The summed E-state index contributed by atoms with van der Waals surface area (Å²) in [7, 11) is 0. The summed E-state index contributed by atoms with van der Waals surface area (Å²) < 4.78 is 0. The number of benzene rings is 1. The molecule has 0 spiro atoms. The molecule has 9 nitrogen and oxygen atoms in total. The van der Waals surface area contributed by atoms with Crippen LogP contribution in [0.3, 0.4) is 0 Å². The topological polar surface area (TPSA) is 165 Å². The third kappa shape index (κ3) is 7.35. The molecule has 2 atom stereocenters. The fourth-order valence-electron chi connectivity index (χ4n) is 2.46. The fraction of sp³-hybridized carbons (Fsp3) is 0.444. The van der Waals surface area contributed by atoms with Gasteiger partial charge in [-0.25, -0.2) is 4.79 Å². The van der Waals surface area contributed by atoms with Crippen LogP contribution in [0.1, 0.15) is 43.5 Å². The van der Waals surface area contributed by atoms with Crippen molar-refractivity contribution in [2.45, 2.75) is 45.2 Å². The summed E-state index contributed by atoms with van der Waals surface area (Å²) in [6.07, 6.45) is -0.0180. The molecule has 0 aliphatic carbocycles. The SMILES string of the molecule is CC(C)C[C@H](NC(=O)c1ccccc1N)C(=O)N[C@@H](CCC(N)=O)C(=O)O. The molecular formula is C18H26N4O5. The van der Waals surface area contributed by atoms with Crippen molar-refractivity contribution in [3.8, 4) is 0 Å². The Balaban J connectivity index is 2.89. The molecule has 0 saturated carbocycles. The number of hydrogen-bond acceptors (Lipinski definition) is 5. The molecule has 0 heterocycles. The maximum Gasteiger partial charge on any atom is 0.326 e. The van der Waals surface area contributed by atoms with Gasteiger partial charge in [-0.2, -0.15) is 0 Å². The lowest BCUT2D eigenvalue weighted by Crippen LogP contribution is -2.52. The first-order valence-electron chi connectivity index (χ1n) is 8.58. The van der Waals surface area contributed by atoms with Crippen molar-refractivity contribution >= 4 is 29.4 Å². The van der Waals surface area contributed by atoms with Gasteiger partial charge in [0.15, 0.2) is 0 Å². The van der Waals surface area contributed by atoms with Crippen molar-refractivity contribution in [2.24, 2.45) is 11.7 Å². The van der Waals surface area contributed by atoms with E-state index in [1.165, 1.54) is 6.07 Å². The Bertz CT molecular complexity index is 705. The van der Waals surface area contributed by atoms with E-state index in [0.29, 0.717) is 6.42 Å². The molecule has 0 aliphatic rings. The van der Waals surface area contributed by atoms with Crippen LogP contribution in [0.25, 0.3) is 0 Å². The van der Waals surface area contributed by atoms with E-state index in [9.17, 15) is 24.3 Å². The summed E-state index contributed by atoms with van der Waals surface area (Å²) in [5, 5.41) is 14.2. The second-order valence-corrected chi connectivity index (χ2v) is 6.65. The average Bonchev–Trinajstić information content (AvgIpc) is 2.57. The molecule has 0 radical (unpaired) electrons. The predicted molar refractivity (Wildman–Crippen MR) is 99.6 cm³/mol. The number of hydrogen-bond donors (Lipinski definition) is 5. The third-order valence-corrected chi connectivity index (χ3v) is 3.83. The summed E-state index contributed by atoms with van der Waals surface area (Å²) in [4.78, 5) is 47.2. The Morgan fingerprint density at radius 1 is 1.07 bits per heavy atom. The molecule has 1 rings (SSSR count). The van der Waals surface area contributed by atoms with Crippen LogP contribution in [-0.4, -0.2) is 40.9 Å². The molecule has 0 fully saturated rings. The van der Waals surface area contributed by atoms with Gasteiger partial charge in [-0.3, -0.25) is 14.4 Å². The molecule has 3 amide bonds. The van der Waals surface area contributed by atoms with E-state index in [1.54, 1.807) is 18.2 Å². The van der Waals surface area contributed by atoms with Crippen LogP contribution >= 0.6 is 0 Å². The minimum absolute atomic E-state index is 0.0584. The lowest BCUT2D eigenvalue weighted by Gasteiger charge is -2.23. The van der Waals surface area contributed by atoms with E-state index in [-0.39, 0.29) is 30.0 Å². The van der Waals surface area contributed by atoms with E-state index in [0.717, 1.165) is 0 Å². The number of carbonyl (C=O) groups excluding carboxylic acids is 3. The number of nitrogens with one attached hydrogen (secondary N) is 2. The Hall–Kier alpha value is -3.10. The zero-order chi connectivity index (χ0) is 20.6. The molecule has 7 N–H and O–H groups in total. The largest absolute Gasteiger partial charge is 0.480 e. The number of carboxylic acid groups (broad SMARTS) is 1. The zero-order valence-corrected chi connectivity index (χ0v) is 15.4. The minimum atomic E-state index is -1.29. The normalized spacial score (nSPS) is 12.9. The lowest BCUT2D eigenvalue weighted by molar-refractivity contribution is -0.142. The van der Waals surface area contributed by atoms with Crippen molar-refractivity contribution in [1.29, 1.82) is 0 Å². The van der Waals surface area contributed by atoms with E-state index in [2.05, 4.69) is 10.6 Å². The minimum Gasteiger partial charge on any atom is -0.480 e.